The van der Waals surface area contributed by atoms with E-state index in [4.69, 9.17) is 4.74 Å². The largest absolute Gasteiger partial charge is 0.465 e. The molecule has 0 bridgehead atoms. The molecular weight excluding hydrogens is 428 g/mol. The SMILES string of the molecule is CCOC(=O)Cn1nc(C(C)C)cc1-c1ccc(-c2ccc(CO)c(S(C)(=O)=O)c2)cc1. The number of nitrogens with zero attached hydrogens (tertiary/aromatic N) is 2. The van der Waals surface area contributed by atoms with Crippen molar-refractivity contribution in [2.24, 2.45) is 0 Å². The maximum absolute atomic E-state index is 12.1. The molecule has 32 heavy (non-hydrogen) atoms. The van der Waals surface area contributed by atoms with Crippen LogP contribution in [0.3, 0.4) is 0 Å². The van der Waals surface area contributed by atoms with E-state index >= 15 is 0 Å². The second kappa shape index (κ2) is 9.67. The summed E-state index contributed by atoms with van der Waals surface area (Å²) in [5.74, 6) is -0.142. The van der Waals surface area contributed by atoms with Crippen LogP contribution in [0.15, 0.2) is 53.4 Å². The van der Waals surface area contributed by atoms with E-state index in [-0.39, 0.29) is 29.9 Å². The standard InChI is InChI=1S/C24H28N2O5S/c1-5-31-24(28)14-26-22(13-21(25-26)16(2)3)18-8-6-17(7-9-18)19-10-11-20(15-27)23(12-19)32(4,29)30/h6-13,16,27H,5,14-15H2,1-4H3. The average Bonchev–Trinajstić information content (AvgIpc) is 3.17. The molecule has 0 aliphatic heterocycles. The van der Waals surface area contributed by atoms with E-state index < -0.39 is 9.84 Å². The van der Waals surface area contributed by atoms with E-state index in [0.29, 0.717) is 12.2 Å². The Morgan fingerprint density at radius 1 is 1.06 bits per heavy atom. The molecule has 0 amide bonds. The number of rotatable bonds is 8. The number of aliphatic hydroxyl groups excluding tert-OH is 1. The van der Waals surface area contributed by atoms with E-state index in [9.17, 15) is 18.3 Å². The van der Waals surface area contributed by atoms with Crippen LogP contribution in [0.25, 0.3) is 22.4 Å². The average molecular weight is 457 g/mol. The number of aliphatic hydroxyl groups is 1. The van der Waals surface area contributed by atoms with Crippen LogP contribution < -0.4 is 0 Å². The van der Waals surface area contributed by atoms with Gasteiger partial charge < -0.3 is 9.84 Å². The lowest BCUT2D eigenvalue weighted by molar-refractivity contribution is -0.144. The number of carbonyl (C=O) groups excluding carboxylic acids is 1. The fourth-order valence-electron chi connectivity index (χ4n) is 3.44. The fraction of sp³-hybridized carbons (Fsp3) is 0.333. The third kappa shape index (κ3) is 5.26. The lowest BCUT2D eigenvalue weighted by Gasteiger charge is -2.10. The monoisotopic (exact) mass is 456 g/mol. The zero-order chi connectivity index (χ0) is 23.5. The van der Waals surface area contributed by atoms with Gasteiger partial charge in [0, 0.05) is 6.26 Å². The molecule has 0 aliphatic rings. The van der Waals surface area contributed by atoms with Gasteiger partial charge in [0.2, 0.25) is 0 Å². The third-order valence-electron chi connectivity index (χ3n) is 5.13. The number of benzene rings is 2. The zero-order valence-electron chi connectivity index (χ0n) is 18.7. The van der Waals surface area contributed by atoms with Crippen molar-refractivity contribution < 1.29 is 23.1 Å². The van der Waals surface area contributed by atoms with Gasteiger partial charge in [-0.1, -0.05) is 50.2 Å². The van der Waals surface area contributed by atoms with Crippen LogP contribution >= 0.6 is 0 Å². The van der Waals surface area contributed by atoms with E-state index in [0.717, 1.165) is 34.3 Å². The lowest BCUT2D eigenvalue weighted by Crippen LogP contribution is -2.15. The predicted octanol–water partition coefficient (Wildman–Crippen LogP) is 3.80. The van der Waals surface area contributed by atoms with Gasteiger partial charge in [-0.05, 0) is 47.2 Å². The summed E-state index contributed by atoms with van der Waals surface area (Å²) in [5.41, 5.74) is 4.51. The Balaban J connectivity index is 1.98. The van der Waals surface area contributed by atoms with Crippen LogP contribution in [0, 0.1) is 0 Å². The Hall–Kier alpha value is -2.97. The highest BCUT2D eigenvalue weighted by molar-refractivity contribution is 7.90. The molecule has 2 aromatic carbocycles. The van der Waals surface area contributed by atoms with Crippen molar-refractivity contribution >= 4 is 15.8 Å². The number of aromatic nitrogens is 2. The second-order valence-electron chi connectivity index (χ2n) is 7.90. The third-order valence-corrected chi connectivity index (χ3v) is 6.30. The normalized spacial score (nSPS) is 11.7. The van der Waals surface area contributed by atoms with E-state index in [1.54, 1.807) is 29.8 Å². The topological polar surface area (TPSA) is 98.5 Å². The maximum atomic E-state index is 12.1. The first-order chi connectivity index (χ1) is 15.1. The summed E-state index contributed by atoms with van der Waals surface area (Å²) in [6.07, 6.45) is 1.13. The van der Waals surface area contributed by atoms with Gasteiger partial charge in [0.15, 0.2) is 9.84 Å². The van der Waals surface area contributed by atoms with Crippen molar-refractivity contribution in [3.63, 3.8) is 0 Å². The summed E-state index contributed by atoms with van der Waals surface area (Å²) < 4.78 is 30.9. The Bertz CT molecular complexity index is 1210. The molecule has 170 valence electrons. The minimum atomic E-state index is -3.47. The zero-order valence-corrected chi connectivity index (χ0v) is 19.5. The molecule has 0 saturated carbocycles. The summed E-state index contributed by atoms with van der Waals surface area (Å²) in [5, 5.41) is 14.0. The van der Waals surface area contributed by atoms with Crippen molar-refractivity contribution in [3.8, 4) is 22.4 Å². The Morgan fingerprint density at radius 3 is 2.25 bits per heavy atom. The molecule has 0 saturated heterocycles. The summed E-state index contributed by atoms with van der Waals surface area (Å²) in [7, 11) is -3.47. The minimum Gasteiger partial charge on any atom is -0.465 e. The van der Waals surface area contributed by atoms with Gasteiger partial charge in [-0.3, -0.25) is 9.48 Å². The molecule has 3 aromatic rings. The van der Waals surface area contributed by atoms with Crippen LogP contribution in [0.2, 0.25) is 0 Å². The van der Waals surface area contributed by atoms with Crippen LogP contribution in [-0.4, -0.2) is 42.1 Å². The highest BCUT2D eigenvalue weighted by atomic mass is 32.2. The van der Waals surface area contributed by atoms with E-state index in [2.05, 4.69) is 5.10 Å². The molecule has 0 aliphatic carbocycles. The summed E-state index contributed by atoms with van der Waals surface area (Å²) >= 11 is 0. The molecule has 0 fully saturated rings. The first kappa shape index (κ1) is 23.7. The van der Waals surface area contributed by atoms with Crippen LogP contribution in [0.1, 0.15) is 37.9 Å². The molecule has 1 N–H and O–H groups in total. The number of carbonyl (C=O) groups is 1. The van der Waals surface area contributed by atoms with Gasteiger partial charge in [-0.25, -0.2) is 8.42 Å². The van der Waals surface area contributed by atoms with Gasteiger partial charge in [-0.15, -0.1) is 0 Å². The minimum absolute atomic E-state index is 0.0258. The second-order valence-corrected chi connectivity index (χ2v) is 9.89. The smallest absolute Gasteiger partial charge is 0.327 e. The first-order valence-electron chi connectivity index (χ1n) is 10.4. The Kier molecular flexibility index (Phi) is 7.16. The molecule has 1 heterocycles. The van der Waals surface area contributed by atoms with Gasteiger partial charge >= 0.3 is 5.97 Å². The fourth-order valence-corrected chi connectivity index (χ4v) is 4.39. The number of ether oxygens (including phenoxy) is 1. The van der Waals surface area contributed by atoms with Crippen molar-refractivity contribution in [2.45, 2.75) is 44.7 Å². The van der Waals surface area contributed by atoms with Crippen molar-refractivity contribution in [3.05, 3.63) is 59.8 Å². The maximum Gasteiger partial charge on any atom is 0.327 e. The molecular formula is C24H28N2O5S. The van der Waals surface area contributed by atoms with Crippen molar-refractivity contribution in [1.82, 2.24) is 9.78 Å². The Morgan fingerprint density at radius 2 is 1.69 bits per heavy atom. The molecule has 0 radical (unpaired) electrons. The highest BCUT2D eigenvalue weighted by Gasteiger charge is 2.17. The number of sulfone groups is 1. The molecule has 7 nitrogen and oxygen atoms in total. The molecule has 0 atom stereocenters. The van der Waals surface area contributed by atoms with E-state index in [1.165, 1.54) is 0 Å². The molecule has 3 rings (SSSR count). The van der Waals surface area contributed by atoms with Gasteiger partial charge in [0.1, 0.15) is 6.54 Å². The van der Waals surface area contributed by atoms with Crippen LogP contribution in [0.5, 0.6) is 0 Å². The van der Waals surface area contributed by atoms with Crippen LogP contribution in [0.4, 0.5) is 0 Å². The molecule has 0 spiro atoms. The number of hydrogen-bond acceptors (Lipinski definition) is 6. The Labute approximate surface area is 188 Å². The van der Waals surface area contributed by atoms with Crippen molar-refractivity contribution in [2.75, 3.05) is 12.9 Å². The van der Waals surface area contributed by atoms with Gasteiger partial charge in [-0.2, -0.15) is 5.10 Å². The highest BCUT2D eigenvalue weighted by Crippen LogP contribution is 2.29. The lowest BCUT2D eigenvalue weighted by atomic mass is 10.0. The van der Waals surface area contributed by atoms with Crippen LogP contribution in [-0.2, 0) is 32.5 Å². The summed E-state index contributed by atoms with van der Waals surface area (Å²) in [6.45, 7) is 5.84. The first-order valence-corrected chi connectivity index (χ1v) is 12.3. The quantitative estimate of drug-likeness (QED) is 0.518. The molecule has 1 aromatic heterocycles. The van der Waals surface area contributed by atoms with E-state index in [1.807, 2.05) is 44.2 Å². The molecule has 0 unspecified atom stereocenters. The predicted molar refractivity (Wildman–Crippen MR) is 123 cm³/mol. The molecule has 8 heteroatoms. The van der Waals surface area contributed by atoms with Gasteiger partial charge in [0.05, 0.1) is 29.5 Å². The number of esters is 1. The summed E-state index contributed by atoms with van der Waals surface area (Å²) in [4.78, 5) is 12.2. The number of hydrogen-bond donors (Lipinski definition) is 1. The van der Waals surface area contributed by atoms with Crippen molar-refractivity contribution in [1.29, 1.82) is 0 Å². The summed E-state index contributed by atoms with van der Waals surface area (Å²) in [6, 6.07) is 14.6. The van der Waals surface area contributed by atoms with Gasteiger partial charge in [0.25, 0.3) is 0 Å².